The number of rotatable bonds is 7. The van der Waals surface area contributed by atoms with Crippen molar-refractivity contribution in [2.24, 2.45) is 0 Å². The summed E-state index contributed by atoms with van der Waals surface area (Å²) in [4.78, 5) is 9.06. The largest absolute Gasteiger partial charge is 0.383 e. The van der Waals surface area contributed by atoms with E-state index in [4.69, 9.17) is 4.74 Å². The van der Waals surface area contributed by atoms with Gasteiger partial charge in [0.1, 0.15) is 5.82 Å². The number of hydrogen-bond donors (Lipinski definition) is 1. The zero-order valence-corrected chi connectivity index (χ0v) is 14.0. The van der Waals surface area contributed by atoms with Gasteiger partial charge in [-0.2, -0.15) is 0 Å². The second-order valence-corrected chi connectivity index (χ2v) is 5.50. The average Bonchev–Trinajstić information content (AvgIpc) is 3.00. The lowest BCUT2D eigenvalue weighted by Gasteiger charge is -2.23. The first-order chi connectivity index (χ1) is 9.70. The van der Waals surface area contributed by atoms with Crippen LogP contribution in [-0.2, 0) is 11.3 Å². The standard InChI is InChI=1S/C15H26N4O.ClH/c1-18(8-9-20-3)15-5-4-13(10-17-15)12-19(2)14-6-7-16-11-14;/h4-5,10,14,16H,6-9,11-12H2,1-3H3;1H. The number of pyridine rings is 1. The summed E-state index contributed by atoms with van der Waals surface area (Å²) in [5, 5.41) is 3.41. The van der Waals surface area contributed by atoms with Crippen LogP contribution in [0.5, 0.6) is 0 Å². The van der Waals surface area contributed by atoms with Crippen LogP contribution in [0.15, 0.2) is 18.3 Å². The van der Waals surface area contributed by atoms with Gasteiger partial charge >= 0.3 is 0 Å². The molecular weight excluding hydrogens is 288 g/mol. The minimum Gasteiger partial charge on any atom is -0.383 e. The first-order valence-electron chi connectivity index (χ1n) is 7.26. The molecule has 1 aliphatic heterocycles. The molecule has 0 aromatic carbocycles. The highest BCUT2D eigenvalue weighted by Crippen LogP contribution is 2.13. The molecule has 1 aromatic rings. The van der Waals surface area contributed by atoms with Gasteiger partial charge < -0.3 is 15.0 Å². The van der Waals surface area contributed by atoms with Crippen LogP contribution in [0, 0.1) is 0 Å². The van der Waals surface area contributed by atoms with E-state index >= 15 is 0 Å². The van der Waals surface area contributed by atoms with Gasteiger partial charge in [0.15, 0.2) is 0 Å². The number of methoxy groups -OCH3 is 1. The van der Waals surface area contributed by atoms with Crippen molar-refractivity contribution in [2.45, 2.75) is 19.0 Å². The lowest BCUT2D eigenvalue weighted by atomic mass is 10.2. The Bertz CT molecular complexity index is 395. The van der Waals surface area contributed by atoms with E-state index in [1.807, 2.05) is 13.2 Å². The number of hydrogen-bond acceptors (Lipinski definition) is 5. The lowest BCUT2D eigenvalue weighted by Crippen LogP contribution is -2.32. The Hall–Kier alpha value is -0.880. The van der Waals surface area contributed by atoms with Gasteiger partial charge in [0.2, 0.25) is 0 Å². The van der Waals surface area contributed by atoms with Gasteiger partial charge in [0.05, 0.1) is 6.61 Å². The molecule has 1 N–H and O–H groups in total. The zero-order valence-electron chi connectivity index (χ0n) is 13.2. The van der Waals surface area contributed by atoms with Crippen LogP contribution in [0.2, 0.25) is 0 Å². The summed E-state index contributed by atoms with van der Waals surface area (Å²) in [6.07, 6.45) is 3.22. The molecule has 0 saturated carbocycles. The molecule has 2 heterocycles. The predicted octanol–water partition coefficient (Wildman–Crippen LogP) is 1.38. The highest BCUT2D eigenvalue weighted by molar-refractivity contribution is 5.85. The van der Waals surface area contributed by atoms with Crippen molar-refractivity contribution in [3.8, 4) is 0 Å². The van der Waals surface area contributed by atoms with E-state index < -0.39 is 0 Å². The molecule has 0 aliphatic carbocycles. The van der Waals surface area contributed by atoms with Gasteiger partial charge in [-0.1, -0.05) is 6.07 Å². The summed E-state index contributed by atoms with van der Waals surface area (Å²) in [6.45, 7) is 4.77. The van der Waals surface area contributed by atoms with E-state index in [1.165, 1.54) is 12.0 Å². The Kier molecular flexibility index (Phi) is 7.96. The first kappa shape index (κ1) is 18.2. The van der Waals surface area contributed by atoms with Gasteiger partial charge in [0, 0.05) is 46.0 Å². The van der Waals surface area contributed by atoms with Gasteiger partial charge in [-0.05, 0) is 31.6 Å². The number of anilines is 1. The van der Waals surface area contributed by atoms with Crippen molar-refractivity contribution in [1.29, 1.82) is 0 Å². The van der Waals surface area contributed by atoms with E-state index in [1.54, 1.807) is 7.11 Å². The number of aromatic nitrogens is 1. The van der Waals surface area contributed by atoms with Crippen molar-refractivity contribution >= 4 is 18.2 Å². The molecule has 1 unspecified atom stereocenters. The van der Waals surface area contributed by atoms with E-state index in [0.717, 1.165) is 38.6 Å². The molecule has 1 saturated heterocycles. The van der Waals surface area contributed by atoms with E-state index in [-0.39, 0.29) is 12.4 Å². The molecular formula is C15H27ClN4O. The summed E-state index contributed by atoms with van der Waals surface area (Å²) in [7, 11) is 5.95. The van der Waals surface area contributed by atoms with E-state index in [9.17, 15) is 0 Å². The molecule has 0 amide bonds. The van der Waals surface area contributed by atoms with Crippen LogP contribution in [0.3, 0.4) is 0 Å². The van der Waals surface area contributed by atoms with Crippen molar-refractivity contribution < 1.29 is 4.74 Å². The van der Waals surface area contributed by atoms with Crippen LogP contribution in [-0.4, -0.2) is 63.4 Å². The highest BCUT2D eigenvalue weighted by atomic mass is 35.5. The Morgan fingerprint density at radius 2 is 2.19 bits per heavy atom. The highest BCUT2D eigenvalue weighted by Gasteiger charge is 2.19. The molecule has 0 radical (unpaired) electrons. The number of nitrogens with zero attached hydrogens (tertiary/aromatic N) is 3. The maximum Gasteiger partial charge on any atom is 0.128 e. The SMILES string of the molecule is COCCN(C)c1ccc(CN(C)C2CCNC2)cn1.Cl. The lowest BCUT2D eigenvalue weighted by molar-refractivity contribution is 0.206. The van der Waals surface area contributed by atoms with Gasteiger partial charge in [0.25, 0.3) is 0 Å². The van der Waals surface area contributed by atoms with Gasteiger partial charge in [-0.15, -0.1) is 12.4 Å². The molecule has 1 fully saturated rings. The van der Waals surface area contributed by atoms with Crippen LogP contribution >= 0.6 is 12.4 Å². The summed E-state index contributed by atoms with van der Waals surface area (Å²) < 4.78 is 5.09. The Labute approximate surface area is 134 Å². The normalized spacial score (nSPS) is 17.8. The zero-order chi connectivity index (χ0) is 14.4. The third kappa shape index (κ3) is 5.43. The fourth-order valence-electron chi connectivity index (χ4n) is 2.51. The summed E-state index contributed by atoms with van der Waals surface area (Å²) in [6, 6.07) is 4.91. The predicted molar refractivity (Wildman–Crippen MR) is 89.4 cm³/mol. The Morgan fingerprint density at radius 1 is 1.38 bits per heavy atom. The maximum absolute atomic E-state index is 5.09. The Morgan fingerprint density at radius 3 is 2.76 bits per heavy atom. The fourth-order valence-corrected chi connectivity index (χ4v) is 2.51. The first-order valence-corrected chi connectivity index (χ1v) is 7.26. The molecule has 2 rings (SSSR count). The monoisotopic (exact) mass is 314 g/mol. The molecule has 1 aromatic heterocycles. The van der Waals surface area contributed by atoms with E-state index in [2.05, 4.69) is 39.3 Å². The van der Waals surface area contributed by atoms with Crippen molar-refractivity contribution in [1.82, 2.24) is 15.2 Å². The molecule has 0 bridgehead atoms. The smallest absolute Gasteiger partial charge is 0.128 e. The average molecular weight is 315 g/mol. The summed E-state index contributed by atoms with van der Waals surface area (Å²) >= 11 is 0. The molecule has 1 aliphatic rings. The molecule has 0 spiro atoms. The quantitative estimate of drug-likeness (QED) is 0.823. The maximum atomic E-state index is 5.09. The number of nitrogens with one attached hydrogen (secondary N) is 1. The summed E-state index contributed by atoms with van der Waals surface area (Å²) in [5.74, 6) is 0.996. The third-order valence-electron chi connectivity index (χ3n) is 3.92. The number of halogens is 1. The molecule has 1 atom stereocenters. The van der Waals surface area contributed by atoms with Crippen molar-refractivity contribution in [3.05, 3.63) is 23.9 Å². The number of likely N-dealkylation sites (N-methyl/N-ethyl adjacent to an activating group) is 2. The van der Waals surface area contributed by atoms with Crippen molar-refractivity contribution in [2.75, 3.05) is 52.3 Å². The second-order valence-electron chi connectivity index (χ2n) is 5.50. The van der Waals surface area contributed by atoms with Crippen molar-refractivity contribution in [3.63, 3.8) is 0 Å². The summed E-state index contributed by atoms with van der Waals surface area (Å²) in [5.41, 5.74) is 1.27. The van der Waals surface area contributed by atoms with Crippen LogP contribution in [0.4, 0.5) is 5.82 Å². The Balaban J connectivity index is 0.00000220. The van der Waals surface area contributed by atoms with Crippen LogP contribution in [0.25, 0.3) is 0 Å². The topological polar surface area (TPSA) is 40.6 Å². The second kappa shape index (κ2) is 9.20. The third-order valence-corrected chi connectivity index (χ3v) is 3.92. The molecule has 5 nitrogen and oxygen atoms in total. The molecule has 21 heavy (non-hydrogen) atoms. The minimum absolute atomic E-state index is 0. The molecule has 120 valence electrons. The number of ether oxygens (including phenoxy) is 1. The van der Waals surface area contributed by atoms with E-state index in [0.29, 0.717) is 6.04 Å². The van der Waals surface area contributed by atoms with Gasteiger partial charge in [-0.3, -0.25) is 4.90 Å². The minimum atomic E-state index is 0. The van der Waals surface area contributed by atoms with Gasteiger partial charge in [-0.25, -0.2) is 4.98 Å². The van der Waals surface area contributed by atoms with Crippen LogP contribution in [0.1, 0.15) is 12.0 Å². The fraction of sp³-hybridized carbons (Fsp3) is 0.667. The molecule has 6 heteroatoms. The van der Waals surface area contributed by atoms with Crippen LogP contribution < -0.4 is 10.2 Å².